The van der Waals surface area contributed by atoms with Crippen molar-refractivity contribution in [3.63, 3.8) is 0 Å². The summed E-state index contributed by atoms with van der Waals surface area (Å²) in [4.78, 5) is 22.9. The predicted molar refractivity (Wildman–Crippen MR) is 74.0 cm³/mol. The Bertz CT molecular complexity index is 403. The number of hydrogen-bond acceptors (Lipinski definition) is 4. The van der Waals surface area contributed by atoms with E-state index in [0.29, 0.717) is 23.6 Å². The fourth-order valence-corrected chi connectivity index (χ4v) is 1.63. The third-order valence-electron chi connectivity index (χ3n) is 2.12. The first kappa shape index (κ1) is 14.6. The zero-order valence-corrected chi connectivity index (χ0v) is 11.4. The first-order valence-corrected chi connectivity index (χ1v) is 7.12. The molecule has 0 fully saturated rings. The molecule has 0 aliphatic rings. The van der Waals surface area contributed by atoms with Gasteiger partial charge >= 0.3 is 5.97 Å². The van der Waals surface area contributed by atoms with E-state index in [1.807, 2.05) is 13.2 Å². The van der Waals surface area contributed by atoms with Crippen LogP contribution in [0.15, 0.2) is 24.3 Å². The zero-order valence-electron chi connectivity index (χ0n) is 10.6. The Balaban J connectivity index is 2.57. The maximum absolute atomic E-state index is 11.5. The van der Waals surface area contributed by atoms with Crippen LogP contribution in [0.3, 0.4) is 0 Å². The molecule has 1 rings (SSSR count). The van der Waals surface area contributed by atoms with E-state index in [-0.39, 0.29) is 11.9 Å². The van der Waals surface area contributed by atoms with Crippen LogP contribution < -0.4 is 5.32 Å². The van der Waals surface area contributed by atoms with Gasteiger partial charge in [-0.1, -0.05) is 6.92 Å². The largest absolute Gasteiger partial charge is 0.462 e. The smallest absolute Gasteiger partial charge is 0.338 e. The lowest BCUT2D eigenvalue weighted by atomic mass is 10.2. The van der Waals surface area contributed by atoms with Crippen LogP contribution in [0, 0.1) is 0 Å². The monoisotopic (exact) mass is 267 g/mol. The second-order valence-corrected chi connectivity index (χ2v) is 4.56. The molecule has 4 nitrogen and oxygen atoms in total. The predicted octanol–water partition coefficient (Wildman–Crippen LogP) is 2.55. The summed E-state index contributed by atoms with van der Waals surface area (Å²) in [5, 5.41) is 2.74. The third kappa shape index (κ3) is 4.79. The number of hydrogen-bond donors (Lipinski definition) is 1. The molecule has 0 unspecified atom stereocenters. The molecule has 5 heteroatoms. The van der Waals surface area contributed by atoms with E-state index in [1.54, 1.807) is 24.3 Å². The van der Waals surface area contributed by atoms with Gasteiger partial charge in [-0.25, -0.2) is 4.79 Å². The molecule has 0 aromatic heterocycles. The van der Waals surface area contributed by atoms with Crippen LogP contribution in [0.1, 0.15) is 23.7 Å². The van der Waals surface area contributed by atoms with Gasteiger partial charge in [-0.2, -0.15) is 11.8 Å². The highest BCUT2D eigenvalue weighted by Gasteiger charge is 2.07. The summed E-state index contributed by atoms with van der Waals surface area (Å²) in [5.41, 5.74) is 1.17. The lowest BCUT2D eigenvalue weighted by molar-refractivity contribution is -0.113. The molecule has 0 heterocycles. The molecule has 1 aromatic rings. The number of carbonyl (C=O) groups excluding carboxylic acids is 2. The lowest BCUT2D eigenvalue weighted by Gasteiger charge is -2.06. The quantitative estimate of drug-likeness (QED) is 0.805. The number of rotatable bonds is 6. The molecule has 0 saturated carbocycles. The van der Waals surface area contributed by atoms with Gasteiger partial charge in [0.15, 0.2) is 0 Å². The van der Waals surface area contributed by atoms with Crippen LogP contribution in [0.25, 0.3) is 0 Å². The minimum absolute atomic E-state index is 0.0520. The van der Waals surface area contributed by atoms with Gasteiger partial charge in [0.2, 0.25) is 5.91 Å². The molecule has 0 aliphatic heterocycles. The van der Waals surface area contributed by atoms with Gasteiger partial charge in [0.05, 0.1) is 17.9 Å². The normalized spacial score (nSPS) is 9.89. The highest BCUT2D eigenvalue weighted by Crippen LogP contribution is 2.11. The molecule has 0 radical (unpaired) electrons. The molecule has 18 heavy (non-hydrogen) atoms. The first-order valence-electron chi connectivity index (χ1n) is 5.73. The molecule has 1 aromatic carbocycles. The fourth-order valence-electron chi connectivity index (χ4n) is 1.30. The van der Waals surface area contributed by atoms with Crippen molar-refractivity contribution in [3.8, 4) is 0 Å². The van der Waals surface area contributed by atoms with Crippen LogP contribution in [0.2, 0.25) is 0 Å². The summed E-state index contributed by atoms with van der Waals surface area (Å²) in [6.45, 7) is 2.36. The second-order valence-electron chi connectivity index (χ2n) is 3.69. The summed E-state index contributed by atoms with van der Waals surface area (Å²) in [6.07, 6.45) is 2.67. The Morgan fingerprint density at radius 1 is 1.28 bits per heavy atom. The van der Waals surface area contributed by atoms with Gasteiger partial charge < -0.3 is 10.1 Å². The number of esters is 1. The summed E-state index contributed by atoms with van der Waals surface area (Å²) in [5.74, 6) is 0.0305. The van der Waals surface area contributed by atoms with E-state index < -0.39 is 0 Å². The minimum atomic E-state index is -0.334. The number of nitrogens with one attached hydrogen (secondary N) is 1. The molecule has 0 aliphatic carbocycles. The van der Waals surface area contributed by atoms with E-state index in [1.165, 1.54) is 11.8 Å². The number of ether oxygens (including phenoxy) is 1. The van der Waals surface area contributed by atoms with Crippen LogP contribution in [-0.2, 0) is 9.53 Å². The van der Waals surface area contributed by atoms with Crippen molar-refractivity contribution >= 4 is 29.3 Å². The Morgan fingerprint density at radius 2 is 1.94 bits per heavy atom. The van der Waals surface area contributed by atoms with E-state index in [2.05, 4.69) is 5.32 Å². The Kier molecular flexibility index (Phi) is 6.28. The molecule has 0 spiro atoms. The maximum atomic E-state index is 11.5. The molecular weight excluding hydrogens is 250 g/mol. The van der Waals surface area contributed by atoms with E-state index >= 15 is 0 Å². The average molecular weight is 267 g/mol. The average Bonchev–Trinajstić information content (AvgIpc) is 2.37. The molecule has 0 saturated heterocycles. The second kappa shape index (κ2) is 7.76. The minimum Gasteiger partial charge on any atom is -0.462 e. The van der Waals surface area contributed by atoms with Gasteiger partial charge in [0.1, 0.15) is 0 Å². The van der Waals surface area contributed by atoms with Crippen LogP contribution in [0.5, 0.6) is 0 Å². The summed E-state index contributed by atoms with van der Waals surface area (Å²) < 4.78 is 5.01. The topological polar surface area (TPSA) is 55.4 Å². The lowest BCUT2D eigenvalue weighted by Crippen LogP contribution is -2.14. The van der Waals surface area contributed by atoms with Crippen molar-refractivity contribution in [1.82, 2.24) is 0 Å². The van der Waals surface area contributed by atoms with E-state index in [0.717, 1.165) is 6.42 Å². The number of anilines is 1. The van der Waals surface area contributed by atoms with Crippen LogP contribution >= 0.6 is 11.8 Å². The van der Waals surface area contributed by atoms with Crippen molar-refractivity contribution in [2.24, 2.45) is 0 Å². The van der Waals surface area contributed by atoms with Crippen molar-refractivity contribution in [2.45, 2.75) is 13.3 Å². The Labute approximate surface area is 111 Å². The SMILES string of the molecule is CCCOC(=O)c1ccc(NC(=O)CSC)cc1. The van der Waals surface area contributed by atoms with Gasteiger partial charge in [0, 0.05) is 5.69 Å². The van der Waals surface area contributed by atoms with Crippen LogP contribution in [-0.4, -0.2) is 30.5 Å². The summed E-state index contributed by atoms with van der Waals surface area (Å²) in [7, 11) is 0. The Hall–Kier alpha value is -1.49. The highest BCUT2D eigenvalue weighted by molar-refractivity contribution is 7.99. The molecule has 0 atom stereocenters. The van der Waals surface area contributed by atoms with Gasteiger partial charge in [0.25, 0.3) is 0 Å². The number of benzene rings is 1. The maximum Gasteiger partial charge on any atom is 0.338 e. The van der Waals surface area contributed by atoms with Crippen molar-refractivity contribution in [3.05, 3.63) is 29.8 Å². The first-order chi connectivity index (χ1) is 8.67. The van der Waals surface area contributed by atoms with Gasteiger partial charge in [-0.05, 0) is 36.9 Å². The number of amides is 1. The zero-order chi connectivity index (χ0) is 13.4. The summed E-state index contributed by atoms with van der Waals surface area (Å²) in [6, 6.07) is 6.68. The highest BCUT2D eigenvalue weighted by atomic mass is 32.2. The summed E-state index contributed by atoms with van der Waals surface area (Å²) >= 11 is 1.46. The van der Waals surface area contributed by atoms with Crippen LogP contribution in [0.4, 0.5) is 5.69 Å². The van der Waals surface area contributed by atoms with E-state index in [4.69, 9.17) is 4.74 Å². The Morgan fingerprint density at radius 3 is 2.50 bits per heavy atom. The molecule has 0 bridgehead atoms. The molecule has 98 valence electrons. The fraction of sp³-hybridized carbons (Fsp3) is 0.385. The molecule has 1 N–H and O–H groups in total. The molecule has 1 amide bonds. The number of carbonyl (C=O) groups is 2. The van der Waals surface area contributed by atoms with Crippen molar-refractivity contribution < 1.29 is 14.3 Å². The van der Waals surface area contributed by atoms with Gasteiger partial charge in [-0.3, -0.25) is 4.79 Å². The van der Waals surface area contributed by atoms with Gasteiger partial charge in [-0.15, -0.1) is 0 Å². The number of thioether (sulfide) groups is 1. The van der Waals surface area contributed by atoms with E-state index in [9.17, 15) is 9.59 Å². The van der Waals surface area contributed by atoms with Crippen molar-refractivity contribution in [2.75, 3.05) is 23.9 Å². The molecular formula is C13H17NO3S. The third-order valence-corrected chi connectivity index (χ3v) is 2.67. The van der Waals surface area contributed by atoms with Crippen molar-refractivity contribution in [1.29, 1.82) is 0 Å². The standard InChI is InChI=1S/C13H17NO3S/c1-3-8-17-13(16)10-4-6-11(7-5-10)14-12(15)9-18-2/h4-7H,3,8-9H2,1-2H3,(H,14,15).